The minimum Gasteiger partial charge on any atom is -0.497 e. The fourth-order valence-corrected chi connectivity index (χ4v) is 4.63. The van der Waals surface area contributed by atoms with E-state index in [1.165, 1.54) is 11.3 Å². The van der Waals surface area contributed by atoms with Crippen LogP contribution in [0.1, 0.15) is 64.4 Å². The van der Waals surface area contributed by atoms with Crippen molar-refractivity contribution in [3.05, 3.63) is 46.0 Å². The second-order valence-electron chi connectivity index (χ2n) is 9.41. The van der Waals surface area contributed by atoms with Crippen molar-refractivity contribution < 1.29 is 9.64 Å². The van der Waals surface area contributed by atoms with Crippen LogP contribution in [-0.4, -0.2) is 45.4 Å². The summed E-state index contributed by atoms with van der Waals surface area (Å²) in [5.41, 5.74) is 1.17. The Labute approximate surface area is 182 Å². The highest BCUT2D eigenvalue weighted by molar-refractivity contribution is 5.80. The highest BCUT2D eigenvalue weighted by Crippen LogP contribution is 2.26. The lowest BCUT2D eigenvalue weighted by atomic mass is 9.94. The molecule has 8 heteroatoms. The van der Waals surface area contributed by atoms with Crippen LogP contribution in [0.4, 0.5) is 0 Å². The van der Waals surface area contributed by atoms with Crippen molar-refractivity contribution in [2.24, 2.45) is 5.92 Å². The smallest absolute Gasteiger partial charge is 0.258 e. The van der Waals surface area contributed by atoms with Crippen LogP contribution >= 0.6 is 0 Å². The van der Waals surface area contributed by atoms with Crippen LogP contribution in [0.3, 0.4) is 0 Å². The van der Waals surface area contributed by atoms with Crippen LogP contribution in [-0.2, 0) is 5.54 Å². The average molecular weight is 426 g/mol. The number of hydrogen-bond acceptors (Lipinski definition) is 5. The van der Waals surface area contributed by atoms with Crippen LogP contribution in [0.25, 0.3) is 10.9 Å². The van der Waals surface area contributed by atoms with Gasteiger partial charge in [-0.25, -0.2) is 4.68 Å². The first-order chi connectivity index (χ1) is 14.8. The second kappa shape index (κ2) is 8.42. The van der Waals surface area contributed by atoms with E-state index < -0.39 is 0 Å². The van der Waals surface area contributed by atoms with Crippen molar-refractivity contribution in [2.75, 3.05) is 20.2 Å². The van der Waals surface area contributed by atoms with Crippen LogP contribution in [0, 0.1) is 5.92 Å². The molecule has 3 atom stereocenters. The number of hydrogen-bond donors (Lipinski definition) is 2. The van der Waals surface area contributed by atoms with E-state index in [0.29, 0.717) is 11.5 Å². The van der Waals surface area contributed by atoms with Crippen molar-refractivity contribution in [1.29, 1.82) is 0 Å². The van der Waals surface area contributed by atoms with Gasteiger partial charge in [-0.2, -0.15) is 0 Å². The molecule has 0 bridgehead atoms. The number of nitrogens with one attached hydrogen (secondary N) is 2. The molecule has 1 fully saturated rings. The van der Waals surface area contributed by atoms with Gasteiger partial charge in [0.1, 0.15) is 5.75 Å². The van der Waals surface area contributed by atoms with Crippen molar-refractivity contribution in [1.82, 2.24) is 25.2 Å². The number of nitrogens with zero attached hydrogens (tertiary/aromatic N) is 4. The standard InChI is InChI=1S/C23H32N6O2/c1-6-23(3,4)29-21(25-26-27-29)20(28-11-7-8-15(2)14-28)18-13-16-12-17(31-5)9-10-19(16)24-22(18)30/h9-10,12-13,15,20H,6-8,11,14H2,1-5H3,(H,24,30)/p+1/t15-,20-/m0/s1. The zero-order valence-electron chi connectivity index (χ0n) is 19.1. The van der Waals surface area contributed by atoms with Gasteiger partial charge in [0.25, 0.3) is 5.56 Å². The van der Waals surface area contributed by atoms with E-state index in [1.807, 2.05) is 28.9 Å². The Hall–Kier alpha value is -2.74. The van der Waals surface area contributed by atoms with Gasteiger partial charge in [0, 0.05) is 16.8 Å². The van der Waals surface area contributed by atoms with Crippen molar-refractivity contribution in [3.8, 4) is 5.75 Å². The summed E-state index contributed by atoms with van der Waals surface area (Å²) >= 11 is 0. The zero-order valence-corrected chi connectivity index (χ0v) is 19.1. The quantitative estimate of drug-likeness (QED) is 0.631. The summed E-state index contributed by atoms with van der Waals surface area (Å²) in [5, 5.41) is 13.8. The van der Waals surface area contributed by atoms with Gasteiger partial charge in [0.05, 0.1) is 31.3 Å². The number of aromatic nitrogens is 5. The van der Waals surface area contributed by atoms with E-state index in [9.17, 15) is 4.79 Å². The van der Waals surface area contributed by atoms with Crippen LogP contribution in [0.5, 0.6) is 5.75 Å². The Kier molecular flexibility index (Phi) is 5.83. The molecule has 31 heavy (non-hydrogen) atoms. The van der Waals surface area contributed by atoms with Crippen molar-refractivity contribution >= 4 is 10.9 Å². The molecule has 1 aliphatic rings. The molecule has 0 aliphatic carbocycles. The summed E-state index contributed by atoms with van der Waals surface area (Å²) in [7, 11) is 1.65. The lowest BCUT2D eigenvalue weighted by Crippen LogP contribution is -3.14. The molecule has 3 aromatic rings. The predicted octanol–water partition coefficient (Wildman–Crippen LogP) is 2.07. The van der Waals surface area contributed by atoms with E-state index in [-0.39, 0.29) is 17.1 Å². The molecule has 0 amide bonds. The molecule has 1 saturated heterocycles. The maximum atomic E-state index is 13.3. The predicted molar refractivity (Wildman–Crippen MR) is 119 cm³/mol. The molecule has 0 spiro atoms. The lowest BCUT2D eigenvalue weighted by molar-refractivity contribution is -0.934. The van der Waals surface area contributed by atoms with Gasteiger partial charge in [0.2, 0.25) is 5.82 Å². The number of likely N-dealkylation sites (tertiary alicyclic amines) is 1. The number of quaternary nitrogens is 1. The number of H-pyrrole nitrogens is 1. The number of rotatable bonds is 6. The molecule has 4 rings (SSSR count). The molecule has 8 nitrogen and oxygen atoms in total. The number of fused-ring (bicyclic) bond motifs is 1. The number of tetrazole rings is 1. The molecule has 1 aromatic carbocycles. The molecular weight excluding hydrogens is 392 g/mol. The summed E-state index contributed by atoms with van der Waals surface area (Å²) in [6.45, 7) is 10.7. The molecule has 2 aromatic heterocycles. The Bertz CT molecular complexity index is 1120. The maximum Gasteiger partial charge on any atom is 0.258 e. The maximum absolute atomic E-state index is 13.3. The van der Waals surface area contributed by atoms with Crippen LogP contribution < -0.4 is 15.2 Å². The second-order valence-corrected chi connectivity index (χ2v) is 9.41. The van der Waals surface area contributed by atoms with Crippen LogP contribution in [0.2, 0.25) is 0 Å². The van der Waals surface area contributed by atoms with E-state index in [0.717, 1.165) is 48.4 Å². The highest BCUT2D eigenvalue weighted by atomic mass is 16.5. The number of pyridine rings is 1. The first-order valence-corrected chi connectivity index (χ1v) is 11.2. The van der Waals surface area contributed by atoms with Gasteiger partial charge >= 0.3 is 0 Å². The largest absolute Gasteiger partial charge is 0.497 e. The molecule has 1 unspecified atom stereocenters. The Morgan fingerprint density at radius 2 is 2.16 bits per heavy atom. The first-order valence-electron chi connectivity index (χ1n) is 11.2. The van der Waals surface area contributed by atoms with Crippen LogP contribution in [0.15, 0.2) is 29.1 Å². The third kappa shape index (κ3) is 4.08. The van der Waals surface area contributed by atoms with Gasteiger partial charge in [0.15, 0.2) is 6.04 Å². The number of methoxy groups -OCH3 is 1. The Morgan fingerprint density at radius 1 is 1.35 bits per heavy atom. The summed E-state index contributed by atoms with van der Waals surface area (Å²) in [6, 6.07) is 7.46. The third-order valence-electron chi connectivity index (χ3n) is 6.80. The summed E-state index contributed by atoms with van der Waals surface area (Å²) in [5.74, 6) is 2.11. The summed E-state index contributed by atoms with van der Waals surface area (Å²) in [4.78, 5) is 17.7. The minimum absolute atomic E-state index is 0.0859. The van der Waals surface area contributed by atoms with Gasteiger partial charge in [-0.15, -0.1) is 5.10 Å². The van der Waals surface area contributed by atoms with Gasteiger partial charge in [-0.3, -0.25) is 4.79 Å². The van der Waals surface area contributed by atoms with E-state index in [2.05, 4.69) is 48.2 Å². The normalized spacial score (nSPS) is 20.7. The van der Waals surface area contributed by atoms with E-state index in [1.54, 1.807) is 7.11 Å². The Morgan fingerprint density at radius 3 is 2.87 bits per heavy atom. The van der Waals surface area contributed by atoms with Gasteiger partial charge in [-0.05, 0) is 67.8 Å². The summed E-state index contributed by atoms with van der Waals surface area (Å²) < 4.78 is 7.32. The summed E-state index contributed by atoms with van der Waals surface area (Å²) in [6.07, 6.45) is 3.23. The molecule has 2 N–H and O–H groups in total. The number of ether oxygens (including phenoxy) is 1. The van der Waals surface area contributed by atoms with E-state index in [4.69, 9.17) is 4.74 Å². The Balaban J connectivity index is 1.91. The third-order valence-corrected chi connectivity index (χ3v) is 6.80. The monoisotopic (exact) mass is 425 g/mol. The zero-order chi connectivity index (χ0) is 22.2. The number of piperidine rings is 1. The molecule has 0 radical (unpaired) electrons. The van der Waals surface area contributed by atoms with Gasteiger partial charge < -0.3 is 14.6 Å². The highest BCUT2D eigenvalue weighted by Gasteiger charge is 2.38. The molecule has 166 valence electrons. The number of benzene rings is 1. The first kappa shape index (κ1) is 21.5. The topological polar surface area (TPSA) is 90.1 Å². The molecule has 3 heterocycles. The van der Waals surface area contributed by atoms with E-state index >= 15 is 0 Å². The molecule has 1 aliphatic heterocycles. The minimum atomic E-state index is -0.245. The lowest BCUT2D eigenvalue weighted by Gasteiger charge is -2.35. The SMILES string of the molecule is CCC(C)(C)n1nnnc1[C@H](c1cc2cc(OC)ccc2[nH]c1=O)[NH+]1CCC[C@H](C)C1. The fourth-order valence-electron chi connectivity index (χ4n) is 4.63. The van der Waals surface area contributed by atoms with Crippen molar-refractivity contribution in [3.63, 3.8) is 0 Å². The average Bonchev–Trinajstić information content (AvgIpc) is 3.24. The fraction of sp³-hybridized carbons (Fsp3) is 0.565. The molecule has 0 saturated carbocycles. The molecular formula is C23H33N6O2+. The van der Waals surface area contributed by atoms with Crippen molar-refractivity contribution in [2.45, 2.75) is 58.5 Å². The number of aromatic amines is 1. The van der Waals surface area contributed by atoms with Gasteiger partial charge in [-0.1, -0.05) is 13.8 Å².